The minimum atomic E-state index is -0.759. The van der Waals surface area contributed by atoms with Gasteiger partial charge in [-0.05, 0) is 43.5 Å². The average molecular weight is 267 g/mol. The van der Waals surface area contributed by atoms with Crippen molar-refractivity contribution in [3.63, 3.8) is 0 Å². The number of nitrogens with zero attached hydrogens (tertiary/aromatic N) is 1. The summed E-state index contributed by atoms with van der Waals surface area (Å²) in [6, 6.07) is 4.88. The molecule has 1 saturated heterocycles. The van der Waals surface area contributed by atoms with Gasteiger partial charge in [-0.15, -0.1) is 0 Å². The Kier molecular flexibility index (Phi) is 5.32. The topological polar surface area (TPSA) is 3.24 Å². The summed E-state index contributed by atoms with van der Waals surface area (Å²) in [5, 5.41) is 0. The molecular formula is C16H23F2N. The summed E-state index contributed by atoms with van der Waals surface area (Å²) in [5.41, 5.74) is 0.877. The van der Waals surface area contributed by atoms with Gasteiger partial charge in [0, 0.05) is 12.6 Å². The molecule has 0 radical (unpaired) electrons. The zero-order valence-electron chi connectivity index (χ0n) is 11.7. The summed E-state index contributed by atoms with van der Waals surface area (Å²) in [4.78, 5) is 2.44. The number of benzene rings is 1. The maximum atomic E-state index is 13.2. The van der Waals surface area contributed by atoms with E-state index >= 15 is 0 Å². The van der Waals surface area contributed by atoms with Crippen LogP contribution >= 0.6 is 0 Å². The molecule has 1 heterocycles. The van der Waals surface area contributed by atoms with Gasteiger partial charge >= 0.3 is 0 Å². The maximum absolute atomic E-state index is 13.2. The van der Waals surface area contributed by atoms with Gasteiger partial charge < -0.3 is 0 Å². The van der Waals surface area contributed by atoms with Crippen LogP contribution < -0.4 is 0 Å². The highest BCUT2D eigenvalue weighted by Gasteiger charge is 2.22. The van der Waals surface area contributed by atoms with Crippen LogP contribution in [0.15, 0.2) is 18.2 Å². The van der Waals surface area contributed by atoms with Crippen molar-refractivity contribution in [1.82, 2.24) is 4.90 Å². The summed E-state index contributed by atoms with van der Waals surface area (Å²) in [6.07, 6.45) is 7.44. The smallest absolute Gasteiger partial charge is 0.159 e. The lowest BCUT2D eigenvalue weighted by Gasteiger charge is -2.36. The molecule has 0 spiro atoms. The zero-order chi connectivity index (χ0) is 13.7. The first-order chi connectivity index (χ1) is 9.20. The minimum absolute atomic E-state index is 0.613. The monoisotopic (exact) mass is 267 g/mol. The van der Waals surface area contributed by atoms with E-state index in [1.807, 2.05) is 0 Å². The summed E-state index contributed by atoms with van der Waals surface area (Å²) < 4.78 is 26.2. The van der Waals surface area contributed by atoms with Crippen molar-refractivity contribution in [1.29, 1.82) is 0 Å². The van der Waals surface area contributed by atoms with Crippen LogP contribution in [0.2, 0.25) is 0 Å². The minimum Gasteiger partial charge on any atom is -0.296 e. The van der Waals surface area contributed by atoms with Gasteiger partial charge in [-0.25, -0.2) is 8.78 Å². The van der Waals surface area contributed by atoms with E-state index in [-0.39, 0.29) is 0 Å². The Balaban J connectivity index is 1.99. The van der Waals surface area contributed by atoms with Crippen LogP contribution in [0.4, 0.5) is 8.78 Å². The fourth-order valence-electron chi connectivity index (χ4n) is 2.91. The number of likely N-dealkylation sites (tertiary alicyclic amines) is 1. The molecule has 0 aromatic heterocycles. The molecule has 19 heavy (non-hydrogen) atoms. The number of hydrogen-bond acceptors (Lipinski definition) is 1. The summed E-state index contributed by atoms with van der Waals surface area (Å²) in [7, 11) is 0. The van der Waals surface area contributed by atoms with Gasteiger partial charge in [0.25, 0.3) is 0 Å². The van der Waals surface area contributed by atoms with Crippen molar-refractivity contribution in [3.8, 4) is 0 Å². The first-order valence-electron chi connectivity index (χ1n) is 7.38. The normalized spacial score (nSPS) is 20.7. The first-order valence-corrected chi connectivity index (χ1v) is 7.38. The molecule has 1 atom stereocenters. The Morgan fingerprint density at radius 1 is 1.21 bits per heavy atom. The second-order valence-corrected chi connectivity index (χ2v) is 5.51. The first kappa shape index (κ1) is 14.4. The molecule has 1 fully saturated rings. The van der Waals surface area contributed by atoms with Crippen LogP contribution in [-0.4, -0.2) is 17.5 Å². The maximum Gasteiger partial charge on any atom is 0.159 e. The number of piperidine rings is 1. The van der Waals surface area contributed by atoms with Crippen LogP contribution in [0.5, 0.6) is 0 Å². The predicted molar refractivity (Wildman–Crippen MR) is 73.9 cm³/mol. The highest BCUT2D eigenvalue weighted by molar-refractivity contribution is 5.17. The van der Waals surface area contributed by atoms with Crippen molar-refractivity contribution >= 4 is 0 Å². The number of hydrogen-bond donors (Lipinski definition) is 0. The van der Waals surface area contributed by atoms with E-state index in [0.29, 0.717) is 6.04 Å². The van der Waals surface area contributed by atoms with Crippen molar-refractivity contribution in [2.75, 3.05) is 6.54 Å². The van der Waals surface area contributed by atoms with E-state index in [1.165, 1.54) is 50.7 Å². The van der Waals surface area contributed by atoms with E-state index < -0.39 is 11.6 Å². The molecule has 1 nitrogen and oxygen atoms in total. The van der Waals surface area contributed by atoms with Crippen LogP contribution in [-0.2, 0) is 6.54 Å². The Hall–Kier alpha value is -0.960. The van der Waals surface area contributed by atoms with E-state index in [1.54, 1.807) is 6.07 Å². The van der Waals surface area contributed by atoms with Gasteiger partial charge in [-0.2, -0.15) is 0 Å². The molecule has 2 rings (SSSR count). The highest BCUT2D eigenvalue weighted by atomic mass is 19.2. The predicted octanol–water partition coefficient (Wildman–Crippen LogP) is 4.51. The lowest BCUT2D eigenvalue weighted by atomic mass is 9.96. The second-order valence-electron chi connectivity index (χ2n) is 5.51. The van der Waals surface area contributed by atoms with Crippen LogP contribution in [0, 0.1) is 11.6 Å². The van der Waals surface area contributed by atoms with E-state index in [9.17, 15) is 8.78 Å². The number of unbranched alkanes of at least 4 members (excludes halogenated alkanes) is 1. The second kappa shape index (κ2) is 6.99. The van der Waals surface area contributed by atoms with Gasteiger partial charge in [-0.1, -0.05) is 32.3 Å². The SMILES string of the molecule is CCCCC1CCCCN1Cc1ccc(F)c(F)c1. The molecule has 0 saturated carbocycles. The fourth-order valence-corrected chi connectivity index (χ4v) is 2.91. The van der Waals surface area contributed by atoms with Crippen molar-refractivity contribution in [2.24, 2.45) is 0 Å². The quantitative estimate of drug-likeness (QED) is 0.758. The lowest BCUT2D eigenvalue weighted by Crippen LogP contribution is -2.38. The van der Waals surface area contributed by atoms with Gasteiger partial charge in [-0.3, -0.25) is 4.90 Å². The molecular weight excluding hydrogens is 244 g/mol. The van der Waals surface area contributed by atoms with Gasteiger partial charge in [0.1, 0.15) is 0 Å². The fraction of sp³-hybridized carbons (Fsp3) is 0.625. The summed E-state index contributed by atoms with van der Waals surface area (Å²) >= 11 is 0. The number of halogens is 2. The molecule has 1 unspecified atom stereocenters. The molecule has 106 valence electrons. The molecule has 0 bridgehead atoms. The Labute approximate surface area is 114 Å². The largest absolute Gasteiger partial charge is 0.296 e. The molecule has 0 amide bonds. The van der Waals surface area contributed by atoms with Gasteiger partial charge in [0.2, 0.25) is 0 Å². The van der Waals surface area contributed by atoms with Crippen LogP contribution in [0.3, 0.4) is 0 Å². The van der Waals surface area contributed by atoms with Crippen molar-refractivity contribution in [2.45, 2.75) is 58.0 Å². The Bertz CT molecular complexity index is 406. The zero-order valence-corrected chi connectivity index (χ0v) is 11.7. The van der Waals surface area contributed by atoms with E-state index in [2.05, 4.69) is 11.8 Å². The molecule has 3 heteroatoms. The van der Waals surface area contributed by atoms with E-state index in [0.717, 1.165) is 18.7 Å². The standard InChI is InChI=1S/C16H23F2N/c1-2-3-6-14-7-4-5-10-19(14)12-13-8-9-15(17)16(18)11-13/h8-9,11,14H,2-7,10,12H2,1H3. The Morgan fingerprint density at radius 3 is 2.79 bits per heavy atom. The summed E-state index contributed by atoms with van der Waals surface area (Å²) in [6.45, 7) is 4.03. The third kappa shape index (κ3) is 4.00. The van der Waals surface area contributed by atoms with Crippen LogP contribution in [0.25, 0.3) is 0 Å². The molecule has 0 aliphatic carbocycles. The molecule has 0 N–H and O–H groups in total. The highest BCUT2D eigenvalue weighted by Crippen LogP contribution is 2.23. The molecule has 1 aromatic rings. The van der Waals surface area contributed by atoms with E-state index in [4.69, 9.17) is 0 Å². The average Bonchev–Trinajstić information content (AvgIpc) is 2.42. The third-order valence-electron chi connectivity index (χ3n) is 4.01. The van der Waals surface area contributed by atoms with Gasteiger partial charge in [0.15, 0.2) is 11.6 Å². The lowest BCUT2D eigenvalue weighted by molar-refractivity contribution is 0.130. The molecule has 1 aliphatic rings. The van der Waals surface area contributed by atoms with Gasteiger partial charge in [0.05, 0.1) is 0 Å². The Morgan fingerprint density at radius 2 is 2.05 bits per heavy atom. The third-order valence-corrected chi connectivity index (χ3v) is 4.01. The number of rotatable bonds is 5. The van der Waals surface area contributed by atoms with Crippen molar-refractivity contribution < 1.29 is 8.78 Å². The van der Waals surface area contributed by atoms with Crippen LogP contribution in [0.1, 0.15) is 51.0 Å². The summed E-state index contributed by atoms with van der Waals surface area (Å²) in [5.74, 6) is -1.50. The van der Waals surface area contributed by atoms with Crippen molar-refractivity contribution in [3.05, 3.63) is 35.4 Å². The molecule has 1 aromatic carbocycles. The molecule has 1 aliphatic heterocycles.